The Morgan fingerprint density at radius 1 is 1.00 bits per heavy atom. The maximum atomic E-state index is 12.2. The van der Waals surface area contributed by atoms with Gasteiger partial charge in [0.15, 0.2) is 0 Å². The SMILES string of the molecule is CO[Si](OC)(C(C)C)C(C(C)=O)C(=O)C(C)C. The second kappa shape index (κ2) is 6.42. The molecule has 0 aromatic carbocycles. The quantitative estimate of drug-likeness (QED) is 0.521. The predicted octanol–water partition coefficient (Wildman–Crippen LogP) is 2.32. The summed E-state index contributed by atoms with van der Waals surface area (Å²) in [6.07, 6.45) is 0. The van der Waals surface area contributed by atoms with Gasteiger partial charge in [0.25, 0.3) is 0 Å². The van der Waals surface area contributed by atoms with Crippen molar-refractivity contribution >= 4 is 20.1 Å². The van der Waals surface area contributed by atoms with Crippen LogP contribution in [0.5, 0.6) is 0 Å². The molecule has 0 spiro atoms. The van der Waals surface area contributed by atoms with Gasteiger partial charge in [0.2, 0.25) is 0 Å². The zero-order chi connectivity index (χ0) is 13.8. The van der Waals surface area contributed by atoms with E-state index in [1.807, 2.05) is 13.8 Å². The maximum Gasteiger partial charge on any atom is 0.358 e. The number of carbonyl (C=O) groups is 2. The van der Waals surface area contributed by atoms with Crippen LogP contribution in [0.1, 0.15) is 34.6 Å². The second-order valence-electron chi connectivity index (χ2n) is 4.89. The van der Waals surface area contributed by atoms with Crippen molar-refractivity contribution in [1.29, 1.82) is 0 Å². The summed E-state index contributed by atoms with van der Waals surface area (Å²) in [6.45, 7) is 8.89. The molecule has 0 heterocycles. The van der Waals surface area contributed by atoms with E-state index in [2.05, 4.69) is 0 Å². The lowest BCUT2D eigenvalue weighted by Gasteiger charge is -2.36. The molecule has 1 unspecified atom stereocenters. The van der Waals surface area contributed by atoms with Gasteiger partial charge in [-0.1, -0.05) is 27.7 Å². The van der Waals surface area contributed by atoms with Crippen LogP contribution in [0.25, 0.3) is 0 Å². The van der Waals surface area contributed by atoms with Crippen LogP contribution in [-0.2, 0) is 18.4 Å². The molecule has 0 aliphatic rings. The molecule has 0 bridgehead atoms. The normalized spacial score (nSPS) is 14.2. The molecule has 4 nitrogen and oxygen atoms in total. The Morgan fingerprint density at radius 2 is 1.41 bits per heavy atom. The molecule has 0 N–H and O–H groups in total. The van der Waals surface area contributed by atoms with Gasteiger partial charge < -0.3 is 8.85 Å². The highest BCUT2D eigenvalue weighted by Gasteiger charge is 2.53. The van der Waals surface area contributed by atoms with Gasteiger partial charge in [-0.2, -0.15) is 0 Å². The van der Waals surface area contributed by atoms with Gasteiger partial charge in [0, 0.05) is 20.1 Å². The molecule has 0 saturated heterocycles. The van der Waals surface area contributed by atoms with Crippen LogP contribution < -0.4 is 0 Å². The van der Waals surface area contributed by atoms with Gasteiger partial charge in [-0.25, -0.2) is 0 Å². The minimum atomic E-state index is -2.84. The number of carbonyl (C=O) groups excluding carboxylic acids is 2. The predicted molar refractivity (Wildman–Crippen MR) is 69.1 cm³/mol. The average Bonchev–Trinajstić information content (AvgIpc) is 2.23. The highest BCUT2D eigenvalue weighted by atomic mass is 28.4. The first-order chi connectivity index (χ1) is 7.74. The van der Waals surface area contributed by atoms with Crippen LogP contribution >= 0.6 is 0 Å². The summed E-state index contributed by atoms with van der Waals surface area (Å²) in [4.78, 5) is 24.0. The number of rotatable bonds is 7. The fourth-order valence-corrected chi connectivity index (χ4v) is 5.68. The Bertz CT molecular complexity index is 282. The van der Waals surface area contributed by atoms with Crippen molar-refractivity contribution in [2.24, 2.45) is 5.92 Å². The molecule has 17 heavy (non-hydrogen) atoms. The minimum absolute atomic E-state index is 0.0362. The van der Waals surface area contributed by atoms with Gasteiger partial charge in [0.05, 0.1) is 0 Å². The minimum Gasteiger partial charge on any atom is -0.397 e. The zero-order valence-electron chi connectivity index (χ0n) is 11.9. The van der Waals surface area contributed by atoms with E-state index >= 15 is 0 Å². The Hall–Kier alpha value is -0.523. The van der Waals surface area contributed by atoms with Gasteiger partial charge >= 0.3 is 8.56 Å². The van der Waals surface area contributed by atoms with Crippen LogP contribution in [0.15, 0.2) is 0 Å². The molecule has 0 aliphatic heterocycles. The smallest absolute Gasteiger partial charge is 0.358 e. The van der Waals surface area contributed by atoms with E-state index in [4.69, 9.17) is 8.85 Å². The van der Waals surface area contributed by atoms with E-state index < -0.39 is 14.1 Å². The third kappa shape index (κ3) is 3.24. The van der Waals surface area contributed by atoms with E-state index in [9.17, 15) is 9.59 Å². The van der Waals surface area contributed by atoms with Crippen molar-refractivity contribution in [2.75, 3.05) is 14.2 Å². The molecular weight excluding hydrogens is 236 g/mol. The third-order valence-electron chi connectivity index (χ3n) is 3.11. The summed E-state index contributed by atoms with van der Waals surface area (Å²) in [5, 5.41) is 0. The Kier molecular flexibility index (Phi) is 6.22. The van der Waals surface area contributed by atoms with Crippen molar-refractivity contribution in [2.45, 2.75) is 45.7 Å². The summed E-state index contributed by atoms with van der Waals surface area (Å²) < 4.78 is 11.0. The van der Waals surface area contributed by atoms with Gasteiger partial charge in [0.1, 0.15) is 17.1 Å². The standard InChI is InChI=1S/C12H24O4Si/c1-8(2)11(14)12(10(5)13)17(15-6,16-7)9(3)4/h8-9,12H,1-7H3. The molecule has 100 valence electrons. The van der Waals surface area contributed by atoms with E-state index in [0.29, 0.717) is 0 Å². The summed E-state index contributed by atoms with van der Waals surface area (Å²) in [5.41, 5.74) is -0.702. The van der Waals surface area contributed by atoms with Gasteiger partial charge in [-0.3, -0.25) is 9.59 Å². The molecule has 5 heteroatoms. The van der Waals surface area contributed by atoms with Gasteiger partial charge in [-0.05, 0) is 12.5 Å². The van der Waals surface area contributed by atoms with Crippen molar-refractivity contribution in [3.8, 4) is 0 Å². The Morgan fingerprint density at radius 3 is 1.59 bits per heavy atom. The summed E-state index contributed by atoms with van der Waals surface area (Å²) in [6, 6.07) is 0. The van der Waals surface area contributed by atoms with Crippen LogP contribution in [0.3, 0.4) is 0 Å². The molecule has 0 amide bonds. The fraction of sp³-hybridized carbons (Fsp3) is 0.833. The van der Waals surface area contributed by atoms with Crippen molar-refractivity contribution in [3.05, 3.63) is 0 Å². The lowest BCUT2D eigenvalue weighted by molar-refractivity contribution is -0.128. The highest BCUT2D eigenvalue weighted by Crippen LogP contribution is 2.36. The van der Waals surface area contributed by atoms with Crippen molar-refractivity contribution < 1.29 is 18.4 Å². The van der Waals surface area contributed by atoms with E-state index in [0.717, 1.165) is 0 Å². The van der Waals surface area contributed by atoms with E-state index in [1.54, 1.807) is 13.8 Å². The first-order valence-corrected chi connectivity index (χ1v) is 7.86. The molecule has 0 rings (SSSR count). The molecule has 0 saturated carbocycles. The van der Waals surface area contributed by atoms with Crippen LogP contribution in [0, 0.1) is 5.92 Å². The molecular formula is C12H24O4Si. The number of hydrogen-bond acceptors (Lipinski definition) is 4. The Labute approximate surface area is 105 Å². The largest absolute Gasteiger partial charge is 0.397 e. The van der Waals surface area contributed by atoms with Crippen molar-refractivity contribution in [3.63, 3.8) is 0 Å². The summed E-state index contributed by atoms with van der Waals surface area (Å²) in [7, 11) is 0.216. The lowest BCUT2D eigenvalue weighted by atomic mass is 10.0. The van der Waals surface area contributed by atoms with Crippen LogP contribution in [0.2, 0.25) is 11.1 Å². The number of hydrogen-bond donors (Lipinski definition) is 0. The monoisotopic (exact) mass is 260 g/mol. The summed E-state index contributed by atoms with van der Waals surface area (Å²) in [5.74, 6) is -0.436. The molecule has 0 aromatic heterocycles. The summed E-state index contributed by atoms with van der Waals surface area (Å²) >= 11 is 0. The molecule has 0 aliphatic carbocycles. The molecule has 0 aromatic rings. The van der Waals surface area contributed by atoms with E-state index in [-0.39, 0.29) is 23.0 Å². The van der Waals surface area contributed by atoms with E-state index in [1.165, 1.54) is 21.1 Å². The van der Waals surface area contributed by atoms with Crippen molar-refractivity contribution in [1.82, 2.24) is 0 Å². The fourth-order valence-electron chi connectivity index (χ4n) is 2.14. The van der Waals surface area contributed by atoms with Crippen LogP contribution in [0.4, 0.5) is 0 Å². The molecule has 0 fully saturated rings. The lowest BCUT2D eigenvalue weighted by Crippen LogP contribution is -2.53. The molecule has 0 radical (unpaired) electrons. The molecule has 1 atom stereocenters. The average molecular weight is 260 g/mol. The number of ketones is 2. The zero-order valence-corrected chi connectivity index (χ0v) is 12.9. The first kappa shape index (κ1) is 16.5. The van der Waals surface area contributed by atoms with Gasteiger partial charge in [-0.15, -0.1) is 0 Å². The maximum absolute atomic E-state index is 12.2. The Balaban J connectivity index is 5.55. The topological polar surface area (TPSA) is 52.6 Å². The first-order valence-electron chi connectivity index (χ1n) is 5.89. The second-order valence-corrected chi connectivity index (χ2v) is 8.88. The van der Waals surface area contributed by atoms with Crippen LogP contribution in [-0.4, -0.2) is 34.3 Å². The number of Topliss-reactive ketones (excluding diaryl/α,β-unsaturated/α-hetero) is 2. The highest BCUT2D eigenvalue weighted by molar-refractivity contribution is 6.77. The third-order valence-corrected chi connectivity index (χ3v) is 7.49.